The molecule has 2 rings (SSSR count). The molecule has 0 spiro atoms. The van der Waals surface area contributed by atoms with Crippen molar-refractivity contribution in [3.63, 3.8) is 0 Å². The number of methoxy groups -OCH3 is 2. The van der Waals surface area contributed by atoms with Crippen molar-refractivity contribution in [1.82, 2.24) is 10.2 Å². The Morgan fingerprint density at radius 3 is 2.19 bits per heavy atom. The molecule has 36 heavy (non-hydrogen) atoms. The topological polar surface area (TPSA) is 105 Å². The smallest absolute Gasteiger partial charge is 0.244 e. The molecule has 2 atom stereocenters. The van der Waals surface area contributed by atoms with Crippen molar-refractivity contribution in [3.05, 3.63) is 54.1 Å². The summed E-state index contributed by atoms with van der Waals surface area (Å²) < 4.78 is 37.0. The number of hydrogen-bond acceptors (Lipinski definition) is 6. The van der Waals surface area contributed by atoms with Gasteiger partial charge in [-0.15, -0.1) is 0 Å². The van der Waals surface area contributed by atoms with Crippen LogP contribution in [0, 0.1) is 0 Å². The summed E-state index contributed by atoms with van der Waals surface area (Å²) in [5.74, 6) is -0.0140. The maximum Gasteiger partial charge on any atom is 0.244 e. The van der Waals surface area contributed by atoms with E-state index in [1.165, 1.54) is 25.2 Å². The van der Waals surface area contributed by atoms with Gasteiger partial charge in [-0.25, -0.2) is 8.42 Å². The van der Waals surface area contributed by atoms with Gasteiger partial charge in [0.15, 0.2) is 11.5 Å². The van der Waals surface area contributed by atoms with Gasteiger partial charge in [0.1, 0.15) is 12.6 Å². The molecule has 0 aliphatic rings. The summed E-state index contributed by atoms with van der Waals surface area (Å²) in [7, 11) is -0.915. The Balaban J connectivity index is 2.36. The molecule has 0 aromatic heterocycles. The van der Waals surface area contributed by atoms with Crippen molar-refractivity contribution in [1.29, 1.82) is 0 Å². The molecule has 2 amide bonds. The highest BCUT2D eigenvalue weighted by Crippen LogP contribution is 2.32. The molecule has 1 N–H and O–H groups in total. The number of carbonyl (C=O) groups is 2. The molecule has 0 saturated carbocycles. The summed E-state index contributed by atoms with van der Waals surface area (Å²) in [5, 5.41) is 2.91. The molecular formula is C26H37N3O6S. The summed E-state index contributed by atoms with van der Waals surface area (Å²) in [6.07, 6.45) is 2.30. The maximum atomic E-state index is 13.6. The van der Waals surface area contributed by atoms with Crippen LogP contribution in [0.15, 0.2) is 48.5 Å². The van der Waals surface area contributed by atoms with E-state index in [1.807, 2.05) is 44.2 Å². The highest BCUT2D eigenvalue weighted by atomic mass is 32.2. The highest BCUT2D eigenvalue weighted by Gasteiger charge is 2.30. The second-order valence-corrected chi connectivity index (χ2v) is 10.5. The standard InChI is InChI=1S/C26H37N3O6S/c1-7-19(2)27-26(31)20(3)28(16-15-21-11-9-8-10-12-21)25(30)18-29(36(6,32)33)22-13-14-23(34-4)24(17-22)35-5/h8-14,17,19-20H,7,15-16,18H2,1-6H3,(H,27,31). The molecule has 0 bridgehead atoms. The fourth-order valence-corrected chi connectivity index (χ4v) is 4.47. The Morgan fingerprint density at radius 2 is 1.64 bits per heavy atom. The molecule has 9 nitrogen and oxygen atoms in total. The van der Waals surface area contributed by atoms with Gasteiger partial charge in [-0.05, 0) is 44.4 Å². The van der Waals surface area contributed by atoms with E-state index in [4.69, 9.17) is 9.47 Å². The minimum atomic E-state index is -3.84. The lowest BCUT2D eigenvalue weighted by atomic mass is 10.1. The summed E-state index contributed by atoms with van der Waals surface area (Å²) in [5.41, 5.74) is 1.26. The van der Waals surface area contributed by atoms with E-state index in [9.17, 15) is 18.0 Å². The van der Waals surface area contributed by atoms with Gasteiger partial charge >= 0.3 is 0 Å². The zero-order valence-electron chi connectivity index (χ0n) is 21.9. The van der Waals surface area contributed by atoms with Crippen LogP contribution in [0.1, 0.15) is 32.8 Å². The van der Waals surface area contributed by atoms with E-state index in [2.05, 4.69) is 5.32 Å². The van der Waals surface area contributed by atoms with Gasteiger partial charge in [0.25, 0.3) is 0 Å². The molecule has 2 aromatic carbocycles. The van der Waals surface area contributed by atoms with Crippen molar-refractivity contribution in [2.24, 2.45) is 0 Å². The maximum absolute atomic E-state index is 13.6. The first-order valence-corrected chi connectivity index (χ1v) is 13.7. The first kappa shape index (κ1) is 29.0. The van der Waals surface area contributed by atoms with Crippen LogP contribution < -0.4 is 19.1 Å². The van der Waals surface area contributed by atoms with Crippen molar-refractivity contribution in [3.8, 4) is 11.5 Å². The van der Waals surface area contributed by atoms with Gasteiger partial charge in [0.05, 0.1) is 26.2 Å². The summed E-state index contributed by atoms with van der Waals surface area (Å²) in [6, 6.07) is 13.4. The third kappa shape index (κ3) is 7.87. The monoisotopic (exact) mass is 519 g/mol. The molecule has 0 fully saturated rings. The molecule has 2 unspecified atom stereocenters. The summed E-state index contributed by atoms with van der Waals surface area (Å²) in [4.78, 5) is 27.9. The van der Waals surface area contributed by atoms with Crippen LogP contribution >= 0.6 is 0 Å². The van der Waals surface area contributed by atoms with E-state index in [0.29, 0.717) is 17.9 Å². The Kier molecular flexibility index (Phi) is 10.6. The van der Waals surface area contributed by atoms with Crippen LogP contribution in [0.5, 0.6) is 11.5 Å². The fraction of sp³-hybridized carbons (Fsp3) is 0.462. The van der Waals surface area contributed by atoms with E-state index in [1.54, 1.807) is 19.1 Å². The quantitative estimate of drug-likeness (QED) is 0.436. The molecule has 10 heteroatoms. The number of amides is 2. The van der Waals surface area contributed by atoms with Gasteiger partial charge < -0.3 is 19.7 Å². The minimum Gasteiger partial charge on any atom is -0.493 e. The van der Waals surface area contributed by atoms with Gasteiger partial charge in [0.2, 0.25) is 21.8 Å². The zero-order valence-corrected chi connectivity index (χ0v) is 22.7. The molecule has 0 heterocycles. The van der Waals surface area contributed by atoms with Crippen molar-refractivity contribution < 1.29 is 27.5 Å². The van der Waals surface area contributed by atoms with E-state index < -0.39 is 28.5 Å². The number of benzene rings is 2. The van der Waals surface area contributed by atoms with Crippen LogP contribution in [0.2, 0.25) is 0 Å². The van der Waals surface area contributed by atoms with E-state index in [-0.39, 0.29) is 24.2 Å². The normalized spacial score (nSPS) is 12.8. The van der Waals surface area contributed by atoms with Crippen LogP contribution in [0.3, 0.4) is 0 Å². The van der Waals surface area contributed by atoms with Crippen LogP contribution in [0.4, 0.5) is 5.69 Å². The number of nitrogens with zero attached hydrogens (tertiary/aromatic N) is 2. The number of hydrogen-bond donors (Lipinski definition) is 1. The average Bonchev–Trinajstić information content (AvgIpc) is 2.86. The van der Waals surface area contributed by atoms with Crippen molar-refractivity contribution in [2.75, 3.05) is 37.9 Å². The van der Waals surface area contributed by atoms with E-state index in [0.717, 1.165) is 22.5 Å². The minimum absolute atomic E-state index is 0.0506. The number of ether oxygens (including phenoxy) is 2. The molecule has 0 aliphatic carbocycles. The van der Waals surface area contributed by atoms with Crippen molar-refractivity contribution >= 4 is 27.5 Å². The predicted octanol–water partition coefficient (Wildman–Crippen LogP) is 2.84. The molecular weight excluding hydrogens is 482 g/mol. The van der Waals surface area contributed by atoms with E-state index >= 15 is 0 Å². The second kappa shape index (κ2) is 13.2. The fourth-order valence-electron chi connectivity index (χ4n) is 3.63. The molecule has 198 valence electrons. The summed E-state index contributed by atoms with van der Waals surface area (Å²) in [6.45, 7) is 5.29. The Hall–Kier alpha value is -3.27. The summed E-state index contributed by atoms with van der Waals surface area (Å²) >= 11 is 0. The lowest BCUT2D eigenvalue weighted by molar-refractivity contribution is -0.139. The zero-order chi connectivity index (χ0) is 26.9. The second-order valence-electron chi connectivity index (χ2n) is 8.63. The number of anilines is 1. The lowest BCUT2D eigenvalue weighted by Gasteiger charge is -2.32. The molecule has 2 aromatic rings. The van der Waals surface area contributed by atoms with Crippen molar-refractivity contribution in [2.45, 2.75) is 45.7 Å². The van der Waals surface area contributed by atoms with Crippen LogP contribution in [0.25, 0.3) is 0 Å². The molecule has 0 radical (unpaired) electrons. The largest absolute Gasteiger partial charge is 0.493 e. The Labute approximate surface area is 214 Å². The molecule has 0 saturated heterocycles. The number of nitrogens with one attached hydrogen (secondary N) is 1. The number of sulfonamides is 1. The third-order valence-electron chi connectivity index (χ3n) is 5.99. The van der Waals surface area contributed by atoms with Gasteiger partial charge in [0, 0.05) is 18.7 Å². The third-order valence-corrected chi connectivity index (χ3v) is 7.13. The first-order valence-electron chi connectivity index (χ1n) is 11.8. The predicted molar refractivity (Wildman–Crippen MR) is 141 cm³/mol. The number of carbonyl (C=O) groups excluding carboxylic acids is 2. The highest BCUT2D eigenvalue weighted by molar-refractivity contribution is 7.92. The Morgan fingerprint density at radius 1 is 1.00 bits per heavy atom. The SMILES string of the molecule is CCC(C)NC(=O)C(C)N(CCc1ccccc1)C(=O)CN(c1ccc(OC)c(OC)c1)S(C)(=O)=O. The lowest BCUT2D eigenvalue weighted by Crippen LogP contribution is -2.53. The van der Waals surface area contributed by atoms with Gasteiger partial charge in [-0.3, -0.25) is 13.9 Å². The van der Waals surface area contributed by atoms with Gasteiger partial charge in [-0.1, -0.05) is 37.3 Å². The van der Waals surface area contributed by atoms with Crippen LogP contribution in [-0.4, -0.2) is 70.8 Å². The number of rotatable bonds is 13. The average molecular weight is 520 g/mol. The van der Waals surface area contributed by atoms with Gasteiger partial charge in [-0.2, -0.15) is 0 Å². The Bertz CT molecular complexity index is 1120. The first-order chi connectivity index (χ1) is 17.0. The van der Waals surface area contributed by atoms with Crippen LogP contribution in [-0.2, 0) is 26.0 Å². The molecule has 0 aliphatic heterocycles.